The van der Waals surface area contributed by atoms with Gasteiger partial charge in [0.05, 0.1) is 0 Å². The van der Waals surface area contributed by atoms with E-state index in [1.54, 1.807) is 6.20 Å². The second kappa shape index (κ2) is 6.41. The Bertz CT molecular complexity index is 447. The minimum Gasteiger partial charge on any atom is -0.388 e. The van der Waals surface area contributed by atoms with Crippen LogP contribution in [-0.4, -0.2) is 53.0 Å². The van der Waals surface area contributed by atoms with E-state index < -0.39 is 0 Å². The highest BCUT2D eigenvalue weighted by atomic mass is 32.1. The third kappa shape index (κ3) is 3.72. The van der Waals surface area contributed by atoms with Crippen molar-refractivity contribution in [3.8, 4) is 0 Å². The number of nitrogens with two attached hydrogens (primary N) is 1. The molecule has 1 fully saturated rings. The number of likely N-dealkylation sites (N-methyl/N-ethyl adjacent to an activating group) is 1. The lowest BCUT2D eigenvalue weighted by Crippen LogP contribution is -2.44. The molecule has 104 valence electrons. The van der Waals surface area contributed by atoms with Gasteiger partial charge in [0.25, 0.3) is 0 Å². The molecule has 0 amide bonds. The largest absolute Gasteiger partial charge is 0.388 e. The molecule has 5 heteroatoms. The number of nitrogens with zero attached hydrogens (tertiary/aromatic N) is 3. The first-order valence-electron chi connectivity index (χ1n) is 6.70. The standard InChI is InChI=1S/C14H22N4S/c1-17(2)12-6-4-8-18(10-12)9-11-5-3-7-16-13(11)14(15)19/h3,5,7,12H,4,6,8-10H2,1-2H3,(H2,15,19). The van der Waals surface area contributed by atoms with Crippen LogP contribution in [0, 0.1) is 0 Å². The normalized spacial score (nSPS) is 20.7. The number of hydrogen-bond acceptors (Lipinski definition) is 4. The molecule has 1 atom stereocenters. The minimum absolute atomic E-state index is 0.386. The number of pyridine rings is 1. The number of piperidine rings is 1. The first-order valence-corrected chi connectivity index (χ1v) is 7.11. The molecule has 0 bridgehead atoms. The molecule has 2 rings (SSSR count). The van der Waals surface area contributed by atoms with Crippen molar-refractivity contribution in [1.29, 1.82) is 0 Å². The summed E-state index contributed by atoms with van der Waals surface area (Å²) in [5.74, 6) is 0. The lowest BCUT2D eigenvalue weighted by molar-refractivity contribution is 0.128. The third-order valence-corrected chi connectivity index (χ3v) is 3.92. The maximum atomic E-state index is 5.74. The highest BCUT2D eigenvalue weighted by Gasteiger charge is 2.22. The molecular weight excluding hydrogens is 256 g/mol. The Morgan fingerprint density at radius 1 is 1.58 bits per heavy atom. The first-order chi connectivity index (χ1) is 9.08. The lowest BCUT2D eigenvalue weighted by Gasteiger charge is -2.36. The molecule has 1 aliphatic heterocycles. The number of rotatable bonds is 4. The molecule has 0 aromatic carbocycles. The molecule has 4 nitrogen and oxygen atoms in total. The van der Waals surface area contributed by atoms with Gasteiger partial charge < -0.3 is 10.6 Å². The van der Waals surface area contributed by atoms with Crippen LogP contribution in [0.5, 0.6) is 0 Å². The zero-order chi connectivity index (χ0) is 13.8. The maximum Gasteiger partial charge on any atom is 0.123 e. The van der Waals surface area contributed by atoms with E-state index in [2.05, 4.69) is 34.9 Å². The van der Waals surface area contributed by atoms with Crippen molar-refractivity contribution in [2.45, 2.75) is 25.4 Å². The number of thiocarbonyl (C=S) groups is 1. The van der Waals surface area contributed by atoms with E-state index in [0.29, 0.717) is 11.0 Å². The van der Waals surface area contributed by atoms with Crippen LogP contribution in [0.2, 0.25) is 0 Å². The molecule has 1 aromatic heterocycles. The SMILES string of the molecule is CN(C)C1CCCN(Cc2cccnc2C(N)=S)C1. The van der Waals surface area contributed by atoms with E-state index in [1.165, 1.54) is 12.8 Å². The maximum absolute atomic E-state index is 5.74. The summed E-state index contributed by atoms with van der Waals surface area (Å²) in [6.07, 6.45) is 4.26. The summed E-state index contributed by atoms with van der Waals surface area (Å²) >= 11 is 5.07. The molecule has 2 heterocycles. The summed E-state index contributed by atoms with van der Waals surface area (Å²) in [6.45, 7) is 3.11. The first kappa shape index (κ1) is 14.4. The Hall–Kier alpha value is -1.04. The summed E-state index contributed by atoms with van der Waals surface area (Å²) in [6, 6.07) is 4.66. The second-order valence-corrected chi connectivity index (χ2v) is 5.81. The van der Waals surface area contributed by atoms with Crippen LogP contribution >= 0.6 is 12.2 Å². The van der Waals surface area contributed by atoms with Crippen molar-refractivity contribution in [3.05, 3.63) is 29.6 Å². The highest BCUT2D eigenvalue weighted by Crippen LogP contribution is 2.17. The summed E-state index contributed by atoms with van der Waals surface area (Å²) in [5, 5.41) is 0. The summed E-state index contributed by atoms with van der Waals surface area (Å²) < 4.78 is 0. The molecule has 1 aliphatic rings. The van der Waals surface area contributed by atoms with Gasteiger partial charge in [-0.2, -0.15) is 0 Å². The highest BCUT2D eigenvalue weighted by molar-refractivity contribution is 7.80. The van der Waals surface area contributed by atoms with Gasteiger partial charge >= 0.3 is 0 Å². The topological polar surface area (TPSA) is 45.4 Å². The van der Waals surface area contributed by atoms with Crippen molar-refractivity contribution in [2.75, 3.05) is 27.2 Å². The fourth-order valence-electron chi connectivity index (χ4n) is 2.63. The number of aromatic nitrogens is 1. The van der Waals surface area contributed by atoms with Crippen LogP contribution in [0.3, 0.4) is 0 Å². The van der Waals surface area contributed by atoms with Crippen LogP contribution < -0.4 is 5.73 Å². The Labute approximate surface area is 120 Å². The lowest BCUT2D eigenvalue weighted by atomic mass is 10.0. The zero-order valence-corrected chi connectivity index (χ0v) is 12.5. The van der Waals surface area contributed by atoms with Gasteiger partial charge in [-0.1, -0.05) is 18.3 Å². The Morgan fingerprint density at radius 2 is 2.37 bits per heavy atom. The molecule has 0 aliphatic carbocycles. The third-order valence-electron chi connectivity index (χ3n) is 3.73. The van der Waals surface area contributed by atoms with Crippen LogP contribution in [0.25, 0.3) is 0 Å². The van der Waals surface area contributed by atoms with Crippen LogP contribution in [-0.2, 0) is 6.54 Å². The van der Waals surface area contributed by atoms with Crippen LogP contribution in [0.1, 0.15) is 24.1 Å². The quantitative estimate of drug-likeness (QED) is 0.840. The van der Waals surface area contributed by atoms with Crippen LogP contribution in [0.4, 0.5) is 0 Å². The van der Waals surface area contributed by atoms with Crippen molar-refractivity contribution in [3.63, 3.8) is 0 Å². The van der Waals surface area contributed by atoms with E-state index in [9.17, 15) is 0 Å². The van der Waals surface area contributed by atoms with E-state index >= 15 is 0 Å². The molecule has 1 saturated heterocycles. The summed E-state index contributed by atoms with van der Waals surface area (Å²) in [5.41, 5.74) is 7.64. The van der Waals surface area contributed by atoms with E-state index in [-0.39, 0.29) is 0 Å². The van der Waals surface area contributed by atoms with Gasteiger partial charge in [-0.3, -0.25) is 9.88 Å². The number of hydrogen-bond donors (Lipinski definition) is 1. The molecule has 1 unspecified atom stereocenters. The van der Waals surface area contributed by atoms with Gasteiger partial charge in [0.15, 0.2) is 0 Å². The smallest absolute Gasteiger partial charge is 0.123 e. The fraction of sp³-hybridized carbons (Fsp3) is 0.571. The van der Waals surface area contributed by atoms with E-state index in [0.717, 1.165) is 30.9 Å². The molecular formula is C14H22N4S. The average Bonchev–Trinajstić information content (AvgIpc) is 2.39. The number of likely N-dealkylation sites (tertiary alicyclic amines) is 1. The van der Waals surface area contributed by atoms with Gasteiger partial charge in [-0.15, -0.1) is 0 Å². The monoisotopic (exact) mass is 278 g/mol. The van der Waals surface area contributed by atoms with Gasteiger partial charge in [-0.05, 0) is 45.1 Å². The predicted octanol–water partition coefficient (Wildman–Crippen LogP) is 1.24. The van der Waals surface area contributed by atoms with Crippen molar-refractivity contribution < 1.29 is 0 Å². The summed E-state index contributed by atoms with van der Waals surface area (Å²) in [4.78, 5) is 9.46. The summed E-state index contributed by atoms with van der Waals surface area (Å²) in [7, 11) is 4.30. The Kier molecular flexibility index (Phi) is 4.85. The van der Waals surface area contributed by atoms with Gasteiger partial charge in [0.1, 0.15) is 10.7 Å². The van der Waals surface area contributed by atoms with Crippen molar-refractivity contribution in [2.24, 2.45) is 5.73 Å². The molecule has 0 spiro atoms. The zero-order valence-electron chi connectivity index (χ0n) is 11.7. The molecule has 19 heavy (non-hydrogen) atoms. The molecule has 0 radical (unpaired) electrons. The van der Waals surface area contributed by atoms with E-state index in [1.807, 2.05) is 6.07 Å². The Morgan fingerprint density at radius 3 is 3.05 bits per heavy atom. The van der Waals surface area contributed by atoms with Crippen molar-refractivity contribution >= 4 is 17.2 Å². The van der Waals surface area contributed by atoms with Gasteiger partial charge in [0.2, 0.25) is 0 Å². The average molecular weight is 278 g/mol. The van der Waals surface area contributed by atoms with Gasteiger partial charge in [-0.25, -0.2) is 0 Å². The Balaban J connectivity index is 2.07. The fourth-order valence-corrected chi connectivity index (χ4v) is 2.81. The predicted molar refractivity (Wildman–Crippen MR) is 82.1 cm³/mol. The minimum atomic E-state index is 0.386. The molecule has 0 saturated carbocycles. The molecule has 1 aromatic rings. The van der Waals surface area contributed by atoms with Crippen molar-refractivity contribution in [1.82, 2.24) is 14.8 Å². The van der Waals surface area contributed by atoms with E-state index in [4.69, 9.17) is 18.0 Å². The van der Waals surface area contributed by atoms with Crippen LogP contribution in [0.15, 0.2) is 18.3 Å². The van der Waals surface area contributed by atoms with Gasteiger partial charge in [0, 0.05) is 25.3 Å². The second-order valence-electron chi connectivity index (χ2n) is 5.37. The molecule has 2 N–H and O–H groups in total.